The Bertz CT molecular complexity index is 167. The molecule has 16 heavy (non-hydrogen) atoms. The highest BCUT2D eigenvalue weighted by Crippen LogP contribution is 2.17. The zero-order valence-electron chi connectivity index (χ0n) is 11.3. The van der Waals surface area contributed by atoms with E-state index in [4.69, 9.17) is 9.47 Å². The first kappa shape index (κ1) is 15.9. The van der Waals surface area contributed by atoms with Crippen molar-refractivity contribution in [2.75, 3.05) is 14.2 Å². The van der Waals surface area contributed by atoms with Gasteiger partial charge < -0.3 is 9.47 Å². The fraction of sp³-hybridized carbons (Fsp3) is 0.846. The van der Waals surface area contributed by atoms with Crippen molar-refractivity contribution in [1.29, 1.82) is 0 Å². The second kappa shape index (κ2) is 10.1. The van der Waals surface area contributed by atoms with Crippen LogP contribution in [0.25, 0.3) is 0 Å². The van der Waals surface area contributed by atoms with Gasteiger partial charge in [0.15, 0.2) is 0 Å². The maximum atomic E-state index is 5.38. The maximum Gasteiger partial charge on any atom is 0.140 e. The normalized spacial score (nSPS) is 11.9. The van der Waals surface area contributed by atoms with Crippen molar-refractivity contribution in [3.63, 3.8) is 0 Å². The van der Waals surface area contributed by atoms with Gasteiger partial charge in [0.1, 0.15) is 5.41 Å². The molecule has 0 bridgehead atoms. The van der Waals surface area contributed by atoms with Crippen molar-refractivity contribution in [2.24, 2.45) is 0 Å². The molecule has 0 spiro atoms. The molecular formula is C13H28O2Si. The Labute approximate surface area is 104 Å². The number of allylic oxidation sites excluding steroid dienone is 1. The minimum Gasteiger partial charge on any atom is -0.358 e. The quantitative estimate of drug-likeness (QED) is 0.241. The van der Waals surface area contributed by atoms with Gasteiger partial charge in [0.2, 0.25) is 0 Å². The number of rotatable bonds is 11. The molecule has 0 atom stereocenters. The molecule has 0 saturated heterocycles. The molecule has 96 valence electrons. The molecule has 0 saturated carbocycles. The topological polar surface area (TPSA) is 18.5 Å². The number of hydrogen-bond acceptors (Lipinski definition) is 2. The van der Waals surface area contributed by atoms with Crippen LogP contribution in [0.2, 0.25) is 0 Å². The van der Waals surface area contributed by atoms with Crippen molar-refractivity contribution < 1.29 is 9.47 Å². The van der Waals surface area contributed by atoms with E-state index in [2.05, 4.69) is 6.58 Å². The average molecular weight is 244 g/mol. The van der Waals surface area contributed by atoms with Crippen molar-refractivity contribution in [3.05, 3.63) is 12.7 Å². The van der Waals surface area contributed by atoms with Gasteiger partial charge in [-0.3, -0.25) is 0 Å². The third kappa shape index (κ3) is 8.08. The maximum absolute atomic E-state index is 5.38. The van der Waals surface area contributed by atoms with Crippen LogP contribution < -0.4 is 0 Å². The van der Waals surface area contributed by atoms with Crippen molar-refractivity contribution in [3.8, 4) is 0 Å². The molecule has 0 aromatic rings. The predicted molar refractivity (Wildman–Crippen MR) is 73.8 cm³/mol. The van der Waals surface area contributed by atoms with E-state index in [1.165, 1.54) is 38.5 Å². The van der Waals surface area contributed by atoms with Crippen LogP contribution in [-0.2, 0) is 9.47 Å². The van der Waals surface area contributed by atoms with Crippen LogP contribution in [0.15, 0.2) is 12.7 Å². The van der Waals surface area contributed by atoms with Crippen LogP contribution >= 0.6 is 0 Å². The highest BCUT2D eigenvalue weighted by atomic mass is 28.1. The van der Waals surface area contributed by atoms with Gasteiger partial charge in [-0.1, -0.05) is 31.8 Å². The molecule has 0 amide bonds. The minimum atomic E-state index is -0.247. The van der Waals surface area contributed by atoms with Gasteiger partial charge >= 0.3 is 0 Å². The van der Waals surface area contributed by atoms with E-state index >= 15 is 0 Å². The summed E-state index contributed by atoms with van der Waals surface area (Å²) in [5, 5.41) is 0. The molecule has 0 unspecified atom stereocenters. The number of ether oxygens (including phenoxy) is 2. The van der Waals surface area contributed by atoms with E-state index in [0.29, 0.717) is 0 Å². The Morgan fingerprint density at radius 2 is 1.50 bits per heavy atom. The van der Waals surface area contributed by atoms with E-state index < -0.39 is 0 Å². The fourth-order valence-corrected chi connectivity index (χ4v) is 2.08. The van der Waals surface area contributed by atoms with Gasteiger partial charge in [-0.05, 0) is 25.7 Å². The molecule has 2 nitrogen and oxygen atoms in total. The van der Waals surface area contributed by atoms with Gasteiger partial charge in [0.25, 0.3) is 0 Å². The third-order valence-corrected chi connectivity index (χ3v) is 4.47. The lowest BCUT2D eigenvalue weighted by Gasteiger charge is -2.26. The summed E-state index contributed by atoms with van der Waals surface area (Å²) in [6.07, 6.45) is 12.0. The standard InChI is InChI=1S/C13H28O2Si/c1-4-5-6-7-8-9-10-11-12-13(16,14-2)15-3/h4H,1,5-12H2,2-3,16H3. The van der Waals surface area contributed by atoms with Gasteiger partial charge in [0, 0.05) is 14.2 Å². The lowest BCUT2D eigenvalue weighted by Crippen LogP contribution is -2.33. The Balaban J connectivity index is 3.29. The van der Waals surface area contributed by atoms with Gasteiger partial charge in [0.05, 0.1) is 10.2 Å². The Morgan fingerprint density at radius 3 is 2.00 bits per heavy atom. The summed E-state index contributed by atoms with van der Waals surface area (Å²) in [5.74, 6) is 0. The monoisotopic (exact) mass is 244 g/mol. The molecule has 0 aliphatic carbocycles. The van der Waals surface area contributed by atoms with E-state index in [9.17, 15) is 0 Å². The predicted octanol–water partition coefficient (Wildman–Crippen LogP) is 2.61. The van der Waals surface area contributed by atoms with Crippen LogP contribution in [-0.4, -0.2) is 29.9 Å². The second-order valence-electron chi connectivity index (χ2n) is 4.49. The molecule has 0 aromatic heterocycles. The van der Waals surface area contributed by atoms with Crippen LogP contribution in [0.4, 0.5) is 0 Å². The second-order valence-corrected chi connectivity index (χ2v) is 6.01. The average Bonchev–Trinajstić information content (AvgIpc) is 2.32. The number of unbranched alkanes of at least 4 members (excludes halogenated alkanes) is 6. The zero-order chi connectivity index (χ0) is 12.3. The van der Waals surface area contributed by atoms with Crippen LogP contribution in [0.3, 0.4) is 0 Å². The molecule has 0 aromatic carbocycles. The summed E-state index contributed by atoms with van der Waals surface area (Å²) >= 11 is 0. The molecule has 0 aliphatic heterocycles. The molecule has 0 fully saturated rings. The molecule has 0 aliphatic rings. The fourth-order valence-electron chi connectivity index (χ4n) is 1.73. The van der Waals surface area contributed by atoms with Crippen LogP contribution in [0.1, 0.15) is 51.4 Å². The summed E-state index contributed by atoms with van der Waals surface area (Å²) in [4.78, 5) is 0. The lowest BCUT2D eigenvalue weighted by atomic mass is 10.1. The number of methoxy groups -OCH3 is 2. The third-order valence-electron chi connectivity index (χ3n) is 3.15. The molecule has 0 rings (SSSR count). The van der Waals surface area contributed by atoms with Crippen molar-refractivity contribution >= 4 is 10.2 Å². The largest absolute Gasteiger partial charge is 0.358 e. The summed E-state index contributed by atoms with van der Waals surface area (Å²) < 4.78 is 10.8. The highest BCUT2D eigenvalue weighted by Gasteiger charge is 2.20. The smallest absolute Gasteiger partial charge is 0.140 e. The summed E-state index contributed by atoms with van der Waals surface area (Å²) in [6.45, 7) is 3.73. The molecule has 0 heterocycles. The lowest BCUT2D eigenvalue weighted by molar-refractivity contribution is -0.146. The Kier molecular flexibility index (Phi) is 9.98. The Hall–Kier alpha value is -0.123. The molecule has 0 N–H and O–H groups in total. The SMILES string of the molecule is C=CCCCCCCCCC([SiH3])(OC)OC. The number of hydrogen-bond donors (Lipinski definition) is 0. The molecule has 3 heteroatoms. The molecular weight excluding hydrogens is 216 g/mol. The van der Waals surface area contributed by atoms with Gasteiger partial charge in [-0.2, -0.15) is 0 Å². The highest BCUT2D eigenvalue weighted by molar-refractivity contribution is 6.13. The first-order valence-corrected chi connectivity index (χ1v) is 7.39. The molecule has 0 radical (unpaired) electrons. The summed E-state index contributed by atoms with van der Waals surface area (Å²) in [6, 6.07) is 0. The van der Waals surface area contributed by atoms with Gasteiger partial charge in [-0.25, -0.2) is 0 Å². The van der Waals surface area contributed by atoms with E-state index in [1.54, 1.807) is 14.2 Å². The van der Waals surface area contributed by atoms with Crippen molar-refractivity contribution in [2.45, 2.75) is 56.8 Å². The zero-order valence-corrected chi connectivity index (χ0v) is 13.3. The Morgan fingerprint density at radius 1 is 1.00 bits per heavy atom. The van der Waals surface area contributed by atoms with Crippen LogP contribution in [0.5, 0.6) is 0 Å². The first-order valence-electron chi connectivity index (χ1n) is 6.39. The van der Waals surface area contributed by atoms with Crippen LogP contribution in [0, 0.1) is 0 Å². The van der Waals surface area contributed by atoms with E-state index in [0.717, 1.165) is 23.1 Å². The van der Waals surface area contributed by atoms with Crippen molar-refractivity contribution in [1.82, 2.24) is 0 Å². The summed E-state index contributed by atoms with van der Waals surface area (Å²) in [5.41, 5.74) is -0.247. The minimum absolute atomic E-state index is 0.247. The summed E-state index contributed by atoms with van der Waals surface area (Å²) in [7, 11) is 4.42. The first-order chi connectivity index (χ1) is 7.68. The van der Waals surface area contributed by atoms with Gasteiger partial charge in [-0.15, -0.1) is 6.58 Å². The van der Waals surface area contributed by atoms with E-state index in [1.807, 2.05) is 6.08 Å². The van der Waals surface area contributed by atoms with E-state index in [-0.39, 0.29) is 5.41 Å².